The van der Waals surface area contributed by atoms with E-state index in [2.05, 4.69) is 31.3 Å². The molecule has 6 heteroatoms. The summed E-state index contributed by atoms with van der Waals surface area (Å²) in [5.41, 5.74) is 2.78. The van der Waals surface area contributed by atoms with E-state index in [1.807, 2.05) is 38.1 Å². The fourth-order valence-corrected chi connectivity index (χ4v) is 5.27. The zero-order valence-electron chi connectivity index (χ0n) is 16.2. The lowest BCUT2D eigenvalue weighted by Gasteiger charge is -2.38. The van der Waals surface area contributed by atoms with Crippen LogP contribution in [0.3, 0.4) is 0 Å². The van der Waals surface area contributed by atoms with Crippen molar-refractivity contribution in [3.05, 3.63) is 64.7 Å². The minimum Gasteiger partial charge on any atom is -0.368 e. The van der Waals surface area contributed by atoms with Crippen molar-refractivity contribution in [3.63, 3.8) is 0 Å². The van der Waals surface area contributed by atoms with E-state index in [-0.39, 0.29) is 5.41 Å². The molecule has 1 aliphatic heterocycles. The second kappa shape index (κ2) is 7.97. The lowest BCUT2D eigenvalue weighted by Crippen LogP contribution is -2.31. The van der Waals surface area contributed by atoms with E-state index >= 15 is 0 Å². The predicted molar refractivity (Wildman–Crippen MR) is 112 cm³/mol. The molecular formula is C21H27ClNO3P. The largest absolute Gasteiger partial charge is 0.368 e. The molecule has 0 aliphatic carbocycles. The van der Waals surface area contributed by atoms with Crippen molar-refractivity contribution >= 4 is 24.9 Å². The number of benzene rings is 2. The SMILES string of the molecule is CC(C)c1ccc(N[C@@H](c2ccc(Cl)cc2)P2(=O)OCC(C)(C)CO2)cc1. The van der Waals surface area contributed by atoms with Crippen molar-refractivity contribution in [1.29, 1.82) is 0 Å². The number of hydrogen-bond donors (Lipinski definition) is 1. The van der Waals surface area contributed by atoms with Gasteiger partial charge in [0.25, 0.3) is 0 Å². The molecule has 27 heavy (non-hydrogen) atoms. The molecule has 1 fully saturated rings. The van der Waals surface area contributed by atoms with Gasteiger partial charge in [-0.3, -0.25) is 4.57 Å². The minimum absolute atomic E-state index is 0.155. The van der Waals surface area contributed by atoms with Gasteiger partial charge in [0.05, 0.1) is 13.2 Å². The van der Waals surface area contributed by atoms with E-state index < -0.39 is 13.4 Å². The highest BCUT2D eigenvalue weighted by molar-refractivity contribution is 7.54. The number of rotatable bonds is 5. The Morgan fingerprint density at radius 3 is 2.00 bits per heavy atom. The molecule has 3 rings (SSSR count). The van der Waals surface area contributed by atoms with Gasteiger partial charge < -0.3 is 14.4 Å². The van der Waals surface area contributed by atoms with Crippen molar-refractivity contribution in [2.45, 2.75) is 39.4 Å². The van der Waals surface area contributed by atoms with E-state index in [9.17, 15) is 4.57 Å². The van der Waals surface area contributed by atoms with E-state index in [1.165, 1.54) is 5.56 Å². The molecule has 146 valence electrons. The van der Waals surface area contributed by atoms with Crippen LogP contribution in [-0.4, -0.2) is 13.2 Å². The smallest absolute Gasteiger partial charge is 0.357 e. The highest BCUT2D eigenvalue weighted by Gasteiger charge is 2.43. The van der Waals surface area contributed by atoms with Crippen molar-refractivity contribution in [1.82, 2.24) is 0 Å². The Bertz CT molecular complexity index is 804. The molecule has 0 aromatic heterocycles. The van der Waals surface area contributed by atoms with Crippen molar-refractivity contribution in [2.24, 2.45) is 5.41 Å². The van der Waals surface area contributed by atoms with Crippen molar-refractivity contribution in [3.8, 4) is 0 Å². The van der Waals surface area contributed by atoms with E-state index in [0.29, 0.717) is 24.2 Å². The number of halogens is 1. The molecular weight excluding hydrogens is 381 g/mol. The van der Waals surface area contributed by atoms with Crippen LogP contribution in [0.25, 0.3) is 0 Å². The molecule has 1 atom stereocenters. The lowest BCUT2D eigenvalue weighted by molar-refractivity contribution is 0.0387. The molecule has 0 amide bonds. The average molecular weight is 408 g/mol. The first kappa shape index (κ1) is 20.4. The van der Waals surface area contributed by atoms with Gasteiger partial charge in [0.1, 0.15) is 0 Å². The molecule has 0 spiro atoms. The third-order valence-electron chi connectivity index (χ3n) is 4.65. The zero-order valence-corrected chi connectivity index (χ0v) is 17.9. The van der Waals surface area contributed by atoms with Crippen molar-refractivity contribution < 1.29 is 13.6 Å². The highest BCUT2D eigenvalue weighted by Crippen LogP contribution is 2.64. The standard InChI is InChI=1S/C21H27ClNO3P/c1-15(2)16-7-11-19(12-8-16)23-20(17-5-9-18(22)10-6-17)27(24)25-13-21(3,4)14-26-27/h5-12,15,20,23H,13-14H2,1-4H3/t20-/m1/s1. The van der Waals surface area contributed by atoms with Gasteiger partial charge in [-0.05, 0) is 41.3 Å². The summed E-state index contributed by atoms with van der Waals surface area (Å²) in [5, 5.41) is 3.99. The van der Waals surface area contributed by atoms with Crippen LogP contribution >= 0.6 is 19.2 Å². The Morgan fingerprint density at radius 1 is 0.963 bits per heavy atom. The van der Waals surface area contributed by atoms with Crippen molar-refractivity contribution in [2.75, 3.05) is 18.5 Å². The molecule has 1 N–H and O–H groups in total. The summed E-state index contributed by atoms with van der Waals surface area (Å²) in [6, 6.07) is 15.4. The molecule has 4 nitrogen and oxygen atoms in total. The average Bonchev–Trinajstić information content (AvgIpc) is 2.64. The fraction of sp³-hybridized carbons (Fsp3) is 0.429. The van der Waals surface area contributed by atoms with Gasteiger partial charge in [-0.1, -0.05) is 63.6 Å². The van der Waals surface area contributed by atoms with Crippen LogP contribution < -0.4 is 5.32 Å². The molecule has 2 aromatic rings. The normalized spacial score (nSPS) is 19.6. The molecule has 1 heterocycles. The molecule has 0 saturated carbocycles. The van der Waals surface area contributed by atoms with Gasteiger partial charge in [0.15, 0.2) is 5.78 Å². The molecule has 0 unspecified atom stereocenters. The number of hydrogen-bond acceptors (Lipinski definition) is 4. The summed E-state index contributed by atoms with van der Waals surface area (Å²) < 4.78 is 25.1. The Labute approximate surface area is 166 Å². The lowest BCUT2D eigenvalue weighted by atomic mass is 9.97. The summed E-state index contributed by atoms with van der Waals surface area (Å²) in [5.74, 6) is -0.146. The maximum absolute atomic E-state index is 13.5. The molecule has 1 saturated heterocycles. The second-order valence-electron chi connectivity index (χ2n) is 8.13. The summed E-state index contributed by atoms with van der Waals surface area (Å²) >= 11 is 6.03. The minimum atomic E-state index is -3.39. The Balaban J connectivity index is 1.90. The molecule has 1 aliphatic rings. The maximum Gasteiger partial charge on any atom is 0.357 e. The first-order valence-corrected chi connectivity index (χ1v) is 11.2. The quantitative estimate of drug-likeness (QED) is 0.551. The van der Waals surface area contributed by atoms with Gasteiger partial charge in [0.2, 0.25) is 0 Å². The predicted octanol–water partition coefficient (Wildman–Crippen LogP) is 6.84. The monoisotopic (exact) mass is 407 g/mol. The Kier molecular flexibility index (Phi) is 6.02. The third-order valence-corrected chi connectivity index (χ3v) is 6.94. The van der Waals surface area contributed by atoms with Crippen LogP contribution in [0, 0.1) is 5.41 Å². The van der Waals surface area contributed by atoms with Crippen LogP contribution in [0.5, 0.6) is 0 Å². The van der Waals surface area contributed by atoms with Crippen LogP contribution in [-0.2, 0) is 13.6 Å². The van der Waals surface area contributed by atoms with Gasteiger partial charge in [-0.15, -0.1) is 0 Å². The van der Waals surface area contributed by atoms with Crippen LogP contribution in [0.4, 0.5) is 5.69 Å². The Hall–Kier alpha value is -1.32. The number of anilines is 1. The second-order valence-corrected chi connectivity index (χ2v) is 10.7. The highest BCUT2D eigenvalue weighted by atomic mass is 35.5. The van der Waals surface area contributed by atoms with Gasteiger partial charge in [0, 0.05) is 16.1 Å². The molecule has 0 radical (unpaired) electrons. The van der Waals surface area contributed by atoms with Crippen LogP contribution in [0.1, 0.15) is 50.5 Å². The topological polar surface area (TPSA) is 47.6 Å². The maximum atomic E-state index is 13.5. The first-order chi connectivity index (χ1) is 12.7. The van der Waals surface area contributed by atoms with Gasteiger partial charge >= 0.3 is 7.60 Å². The molecule has 0 bridgehead atoms. The fourth-order valence-electron chi connectivity index (χ4n) is 2.87. The summed E-state index contributed by atoms with van der Waals surface area (Å²) in [6.45, 7) is 9.16. The van der Waals surface area contributed by atoms with E-state index in [0.717, 1.165) is 11.3 Å². The Morgan fingerprint density at radius 2 is 1.48 bits per heavy atom. The van der Waals surface area contributed by atoms with Gasteiger partial charge in [-0.2, -0.15) is 0 Å². The zero-order chi connectivity index (χ0) is 19.7. The van der Waals surface area contributed by atoms with E-state index in [4.69, 9.17) is 20.6 Å². The molecule has 2 aromatic carbocycles. The summed E-state index contributed by atoms with van der Waals surface area (Å²) in [6.07, 6.45) is 0. The van der Waals surface area contributed by atoms with Gasteiger partial charge in [-0.25, -0.2) is 0 Å². The number of nitrogens with one attached hydrogen (secondary N) is 1. The summed E-state index contributed by atoms with van der Waals surface area (Å²) in [7, 11) is -3.39. The summed E-state index contributed by atoms with van der Waals surface area (Å²) in [4.78, 5) is 0. The third kappa shape index (κ3) is 4.94. The van der Waals surface area contributed by atoms with E-state index in [1.54, 1.807) is 12.1 Å². The first-order valence-electron chi connectivity index (χ1n) is 9.19. The van der Waals surface area contributed by atoms with Crippen LogP contribution in [0.2, 0.25) is 5.02 Å². The van der Waals surface area contributed by atoms with Crippen LogP contribution in [0.15, 0.2) is 48.5 Å².